The van der Waals surface area contributed by atoms with Gasteiger partial charge in [0.1, 0.15) is 5.75 Å². The van der Waals surface area contributed by atoms with E-state index in [9.17, 15) is 19.7 Å². The van der Waals surface area contributed by atoms with Crippen molar-refractivity contribution in [3.8, 4) is 5.75 Å². The number of nitrogens with zero attached hydrogens (tertiary/aromatic N) is 1. The minimum Gasteiger partial charge on any atom is -0.495 e. The van der Waals surface area contributed by atoms with Crippen molar-refractivity contribution in [3.63, 3.8) is 0 Å². The molecule has 3 rings (SSSR count). The van der Waals surface area contributed by atoms with Crippen LogP contribution in [0.2, 0.25) is 0 Å². The molecule has 0 aliphatic carbocycles. The number of nitrogens with one attached hydrogen (secondary N) is 2. The fourth-order valence-corrected chi connectivity index (χ4v) is 4.07. The van der Waals surface area contributed by atoms with Gasteiger partial charge in [-0.3, -0.25) is 19.7 Å². The normalized spacial score (nSPS) is 11.3. The average molecular weight is 466 g/mol. The standard InChI is InChI=1S/C24H23N3O5S/c1-3-22(24(29)26-20-12-4-5-13-21(20)32-2)33-19-11-7-9-17(15-19)25-23(28)16-8-6-10-18(14-16)27(30)31/h4-15,22H,3H2,1-2H3,(H,25,28)(H,26,29). The highest BCUT2D eigenvalue weighted by atomic mass is 32.2. The zero-order valence-corrected chi connectivity index (χ0v) is 18.9. The number of methoxy groups -OCH3 is 1. The van der Waals surface area contributed by atoms with Gasteiger partial charge in [-0.05, 0) is 42.8 Å². The van der Waals surface area contributed by atoms with E-state index in [1.54, 1.807) is 37.4 Å². The minimum atomic E-state index is -0.547. The number of nitro benzene ring substituents is 1. The lowest BCUT2D eigenvalue weighted by Crippen LogP contribution is -2.24. The highest BCUT2D eigenvalue weighted by Crippen LogP contribution is 2.30. The maximum absolute atomic E-state index is 12.8. The van der Waals surface area contributed by atoms with Gasteiger partial charge in [-0.25, -0.2) is 0 Å². The lowest BCUT2D eigenvalue weighted by Gasteiger charge is -2.16. The monoisotopic (exact) mass is 465 g/mol. The van der Waals surface area contributed by atoms with Crippen molar-refractivity contribution in [2.75, 3.05) is 17.7 Å². The van der Waals surface area contributed by atoms with Crippen molar-refractivity contribution in [1.29, 1.82) is 0 Å². The Kier molecular flexibility index (Phi) is 8.04. The first-order chi connectivity index (χ1) is 15.9. The quantitative estimate of drug-likeness (QED) is 0.250. The number of benzene rings is 3. The van der Waals surface area contributed by atoms with Crippen molar-refractivity contribution in [1.82, 2.24) is 0 Å². The number of amides is 2. The molecule has 0 fully saturated rings. The van der Waals surface area contributed by atoms with E-state index in [0.717, 1.165) is 4.90 Å². The second kappa shape index (κ2) is 11.1. The van der Waals surface area contributed by atoms with Crippen LogP contribution in [0.5, 0.6) is 5.75 Å². The van der Waals surface area contributed by atoms with Crippen molar-refractivity contribution in [2.45, 2.75) is 23.5 Å². The van der Waals surface area contributed by atoms with Gasteiger partial charge in [-0.1, -0.05) is 31.2 Å². The lowest BCUT2D eigenvalue weighted by molar-refractivity contribution is -0.384. The Labute approximate surface area is 195 Å². The van der Waals surface area contributed by atoms with Crippen LogP contribution in [0.4, 0.5) is 17.1 Å². The Balaban J connectivity index is 1.69. The van der Waals surface area contributed by atoms with E-state index in [4.69, 9.17) is 4.74 Å². The molecule has 0 saturated heterocycles. The number of nitro groups is 1. The molecule has 3 aromatic rings. The second-order valence-corrected chi connectivity index (χ2v) is 8.27. The van der Waals surface area contributed by atoms with Crippen molar-refractivity contribution < 1.29 is 19.2 Å². The van der Waals surface area contributed by atoms with E-state index >= 15 is 0 Å². The zero-order valence-electron chi connectivity index (χ0n) is 18.1. The molecule has 0 aliphatic rings. The first kappa shape index (κ1) is 23.8. The number of para-hydroxylation sites is 2. The SMILES string of the molecule is CCC(Sc1cccc(NC(=O)c2cccc([N+](=O)[O-])c2)c1)C(=O)Nc1ccccc1OC. The number of hydrogen-bond acceptors (Lipinski definition) is 6. The summed E-state index contributed by atoms with van der Waals surface area (Å²) in [6, 6.07) is 19.8. The molecule has 8 nitrogen and oxygen atoms in total. The van der Waals surface area contributed by atoms with Crippen LogP contribution in [0.1, 0.15) is 23.7 Å². The summed E-state index contributed by atoms with van der Waals surface area (Å²) in [5.74, 6) is -0.0311. The zero-order chi connectivity index (χ0) is 23.8. The van der Waals surface area contributed by atoms with Crippen molar-refractivity contribution >= 4 is 40.6 Å². The maximum atomic E-state index is 12.8. The van der Waals surface area contributed by atoms with Gasteiger partial charge in [0.25, 0.3) is 11.6 Å². The van der Waals surface area contributed by atoms with Crippen LogP contribution in [0, 0.1) is 10.1 Å². The summed E-state index contributed by atoms with van der Waals surface area (Å²) in [4.78, 5) is 36.6. The molecule has 33 heavy (non-hydrogen) atoms. The molecular weight excluding hydrogens is 442 g/mol. The van der Waals surface area contributed by atoms with Gasteiger partial charge in [-0.2, -0.15) is 0 Å². The Morgan fingerprint density at radius 2 is 1.79 bits per heavy atom. The van der Waals surface area contributed by atoms with Crippen LogP contribution in [0.15, 0.2) is 77.7 Å². The number of non-ortho nitro benzene ring substituents is 1. The first-order valence-electron chi connectivity index (χ1n) is 10.2. The van der Waals surface area contributed by atoms with Crippen molar-refractivity contribution in [3.05, 3.63) is 88.5 Å². The summed E-state index contributed by atoms with van der Waals surface area (Å²) in [6.45, 7) is 1.92. The first-order valence-corrected chi connectivity index (χ1v) is 11.1. The van der Waals surface area contributed by atoms with E-state index in [0.29, 0.717) is 23.5 Å². The molecule has 3 aromatic carbocycles. The summed E-state index contributed by atoms with van der Waals surface area (Å²) in [6.07, 6.45) is 0.593. The van der Waals surface area contributed by atoms with E-state index in [1.165, 1.54) is 36.0 Å². The Hall–Kier alpha value is -3.85. The number of rotatable bonds is 9. The van der Waals surface area contributed by atoms with Gasteiger partial charge in [-0.15, -0.1) is 11.8 Å². The molecule has 0 radical (unpaired) electrons. The van der Waals surface area contributed by atoms with E-state index in [1.807, 2.05) is 25.1 Å². The van der Waals surface area contributed by atoms with Crippen LogP contribution in [-0.2, 0) is 4.79 Å². The van der Waals surface area contributed by atoms with Gasteiger partial charge in [0.15, 0.2) is 0 Å². The molecule has 0 spiro atoms. The Bertz CT molecular complexity index is 1170. The number of hydrogen-bond donors (Lipinski definition) is 2. The van der Waals surface area contributed by atoms with Crippen LogP contribution in [-0.4, -0.2) is 29.1 Å². The smallest absolute Gasteiger partial charge is 0.270 e. The maximum Gasteiger partial charge on any atom is 0.270 e. The summed E-state index contributed by atoms with van der Waals surface area (Å²) in [5, 5.41) is 16.2. The van der Waals surface area contributed by atoms with E-state index in [-0.39, 0.29) is 22.4 Å². The third-order valence-corrected chi connectivity index (χ3v) is 6.08. The van der Waals surface area contributed by atoms with Gasteiger partial charge in [0.2, 0.25) is 5.91 Å². The second-order valence-electron chi connectivity index (χ2n) is 6.99. The molecular formula is C24H23N3O5S. The Morgan fingerprint density at radius 1 is 1.03 bits per heavy atom. The van der Waals surface area contributed by atoms with Crippen LogP contribution < -0.4 is 15.4 Å². The molecule has 1 unspecified atom stereocenters. The fraction of sp³-hybridized carbons (Fsp3) is 0.167. The molecule has 2 amide bonds. The third kappa shape index (κ3) is 6.33. The highest BCUT2D eigenvalue weighted by Gasteiger charge is 2.20. The van der Waals surface area contributed by atoms with E-state index < -0.39 is 10.8 Å². The number of carbonyl (C=O) groups excluding carboxylic acids is 2. The summed E-state index contributed by atoms with van der Waals surface area (Å²) < 4.78 is 5.29. The van der Waals surface area contributed by atoms with Gasteiger partial charge in [0, 0.05) is 28.3 Å². The van der Waals surface area contributed by atoms with Crippen LogP contribution >= 0.6 is 11.8 Å². The predicted molar refractivity (Wildman–Crippen MR) is 129 cm³/mol. The number of carbonyl (C=O) groups is 2. The summed E-state index contributed by atoms with van der Waals surface area (Å²) >= 11 is 1.38. The number of ether oxygens (including phenoxy) is 1. The fourth-order valence-electron chi connectivity index (χ4n) is 3.06. The van der Waals surface area contributed by atoms with Crippen LogP contribution in [0.3, 0.4) is 0 Å². The molecule has 2 N–H and O–H groups in total. The number of anilines is 2. The summed E-state index contributed by atoms with van der Waals surface area (Å²) in [5.41, 5.74) is 1.15. The molecule has 9 heteroatoms. The third-order valence-electron chi connectivity index (χ3n) is 4.72. The molecule has 0 bridgehead atoms. The van der Waals surface area contributed by atoms with Gasteiger partial charge < -0.3 is 15.4 Å². The summed E-state index contributed by atoms with van der Waals surface area (Å²) in [7, 11) is 1.55. The number of thioether (sulfide) groups is 1. The highest BCUT2D eigenvalue weighted by molar-refractivity contribution is 8.00. The average Bonchev–Trinajstić information content (AvgIpc) is 2.83. The van der Waals surface area contributed by atoms with Gasteiger partial charge in [0.05, 0.1) is 23.0 Å². The van der Waals surface area contributed by atoms with Crippen LogP contribution in [0.25, 0.3) is 0 Å². The predicted octanol–water partition coefficient (Wildman–Crippen LogP) is 5.37. The van der Waals surface area contributed by atoms with E-state index in [2.05, 4.69) is 10.6 Å². The molecule has 0 aromatic heterocycles. The molecule has 1 atom stereocenters. The minimum absolute atomic E-state index is 0.154. The van der Waals surface area contributed by atoms with Crippen molar-refractivity contribution in [2.24, 2.45) is 0 Å². The molecule has 0 aliphatic heterocycles. The Morgan fingerprint density at radius 3 is 2.52 bits per heavy atom. The largest absolute Gasteiger partial charge is 0.495 e. The lowest BCUT2D eigenvalue weighted by atomic mass is 10.2. The molecule has 0 heterocycles. The molecule has 170 valence electrons. The van der Waals surface area contributed by atoms with Gasteiger partial charge >= 0.3 is 0 Å². The topological polar surface area (TPSA) is 111 Å². The molecule has 0 saturated carbocycles.